The van der Waals surface area contributed by atoms with Crippen molar-refractivity contribution < 1.29 is 75.5 Å². The summed E-state index contributed by atoms with van der Waals surface area (Å²) in [5, 5.41) is 21.8. The Morgan fingerprint density at radius 3 is 1.39 bits per heavy atom. The van der Waals surface area contributed by atoms with E-state index < -0.39 is 202 Å². The average Bonchev–Trinajstić information content (AvgIpc) is 4.03. The van der Waals surface area contributed by atoms with Gasteiger partial charge in [0.1, 0.15) is 43.2 Å². The van der Waals surface area contributed by atoms with Crippen molar-refractivity contribution in [1.29, 1.82) is 0 Å². The molecule has 9 fully saturated rings. The van der Waals surface area contributed by atoms with Gasteiger partial charge in [-0.1, -0.05) is 0 Å². The van der Waals surface area contributed by atoms with Crippen LogP contribution in [0.3, 0.4) is 0 Å². The first kappa shape index (κ1) is 47.8. The van der Waals surface area contributed by atoms with Crippen molar-refractivity contribution in [2.75, 3.05) is 11.9 Å². The van der Waals surface area contributed by atoms with Crippen molar-refractivity contribution in [2.45, 2.75) is 155 Å². The van der Waals surface area contributed by atoms with Gasteiger partial charge in [-0.15, -0.1) is 9.60 Å². The largest absolute Gasteiger partial charge is 0.462 e. The Balaban J connectivity index is 1.08. The fraction of sp³-hybridized carbons (Fsp3) is 0.829. The number of anilines is 1. The van der Waals surface area contributed by atoms with Crippen LogP contribution in [-0.4, -0.2) is 159 Å². The highest BCUT2D eigenvalue weighted by Gasteiger charge is 2.69. The predicted molar refractivity (Wildman–Crippen MR) is 206 cm³/mol. The van der Waals surface area contributed by atoms with Gasteiger partial charge in [0.05, 0.1) is 67.5 Å². The van der Waals surface area contributed by atoms with Gasteiger partial charge in [-0.05, 0) is 43.5 Å². The van der Waals surface area contributed by atoms with Gasteiger partial charge in [-0.2, -0.15) is 0 Å². The second kappa shape index (κ2) is 17.8. The van der Waals surface area contributed by atoms with E-state index in [2.05, 4.69) is 42.5 Å². The molecule has 0 amide bonds. The Morgan fingerprint density at radius 2 is 0.896 bits per heavy atom. The number of hydrogen-bond donors (Lipinski definition) is 8. The lowest BCUT2D eigenvalue weighted by atomic mass is 9.71. The number of fused-ring (bicyclic) bond motifs is 20. The van der Waals surface area contributed by atoms with E-state index in [1.807, 2.05) is 0 Å². The Morgan fingerprint density at radius 1 is 0.507 bits per heavy atom. The number of nitrogens with one attached hydrogen (secondary N) is 8. The van der Waals surface area contributed by atoms with Crippen LogP contribution in [0.5, 0.6) is 0 Å². The molecule has 0 radical (unpaired) electrons. The van der Waals surface area contributed by atoms with Crippen LogP contribution in [0, 0.1) is 47.3 Å². The highest BCUT2D eigenvalue weighted by molar-refractivity contribution is 5.89. The van der Waals surface area contributed by atoms with Gasteiger partial charge in [0.25, 0.3) is 0 Å². The highest BCUT2D eigenvalue weighted by Crippen LogP contribution is 2.52. The lowest BCUT2D eigenvalue weighted by molar-refractivity contribution is -0.0974. The Labute approximate surface area is 373 Å². The zero-order valence-electron chi connectivity index (χ0n) is 35.1. The molecule has 26 heteroatoms. The molecule has 67 heavy (non-hydrogen) atoms. The van der Waals surface area contributed by atoms with E-state index >= 15 is 65.9 Å². The average molecular weight is 986 g/mol. The minimum absolute atomic E-state index is 0.0403. The maximum atomic E-state index is 17.0. The Hall–Kier alpha value is -2.88. The van der Waals surface area contributed by atoms with E-state index in [0.717, 1.165) is 0 Å². The third-order valence-corrected chi connectivity index (χ3v) is 16.2. The molecule has 5 aliphatic heterocycles. The van der Waals surface area contributed by atoms with E-state index in [0.29, 0.717) is 0 Å². The van der Waals surface area contributed by atoms with Crippen LogP contribution in [0.4, 0.5) is 71.6 Å². The topological polar surface area (TPSA) is 126 Å². The maximum Gasteiger partial charge on any atom is 0.338 e. The molecule has 4 aliphatic carbocycles. The molecule has 376 valence electrons. The van der Waals surface area contributed by atoms with Gasteiger partial charge >= 0.3 is 5.97 Å². The molecule has 0 spiro atoms. The SMILES string of the molecule is CCOC(=O)c1ccc(NC2C(F)C(F)C(F)C3C4NC5NC(NC6C7C(F)C(F)C(F)C(F)C7C(NC7NC(NC(N4)C23)C2C(F)C(F)C(F)C(F)C72)N6F)C2C(F)C(F)C(F)CC52)cc1. The van der Waals surface area contributed by atoms with Crippen LogP contribution in [-0.2, 0) is 4.74 Å². The molecule has 10 rings (SSSR count). The molecule has 8 bridgehead atoms. The Kier molecular flexibility index (Phi) is 12.7. The molecule has 31 unspecified atom stereocenters. The fourth-order valence-corrected chi connectivity index (χ4v) is 13.2. The zero-order valence-corrected chi connectivity index (χ0v) is 35.1. The first-order valence-electron chi connectivity index (χ1n) is 22.6. The summed E-state index contributed by atoms with van der Waals surface area (Å²) in [4.78, 5) is 12.3. The molecule has 1 aromatic rings. The quantitative estimate of drug-likeness (QED) is 0.128. The first-order chi connectivity index (χ1) is 31.8. The summed E-state index contributed by atoms with van der Waals surface area (Å²) in [6.07, 6.45) is -55.7. The van der Waals surface area contributed by atoms with Crippen molar-refractivity contribution in [3.05, 3.63) is 29.8 Å². The van der Waals surface area contributed by atoms with E-state index in [-0.39, 0.29) is 23.0 Å². The van der Waals surface area contributed by atoms with E-state index in [9.17, 15) is 4.79 Å². The third kappa shape index (κ3) is 7.43. The normalized spacial score (nSPS) is 56.1. The van der Waals surface area contributed by atoms with Crippen LogP contribution in [0.25, 0.3) is 0 Å². The van der Waals surface area contributed by atoms with Crippen molar-refractivity contribution in [1.82, 2.24) is 42.3 Å². The van der Waals surface area contributed by atoms with E-state index in [4.69, 9.17) is 4.74 Å². The number of halogens is 15. The van der Waals surface area contributed by atoms with Gasteiger partial charge < -0.3 is 10.1 Å². The summed E-state index contributed by atoms with van der Waals surface area (Å²) in [5.41, 5.74) is 0.155. The molecule has 31 atom stereocenters. The number of carbonyl (C=O) groups is 1. The van der Waals surface area contributed by atoms with Gasteiger partial charge in [0.15, 0.2) is 43.2 Å². The molecule has 5 saturated heterocycles. The highest BCUT2D eigenvalue weighted by atomic mass is 19.2. The summed E-state index contributed by atoms with van der Waals surface area (Å²) in [6, 6.07) is 3.51. The number of carbonyl (C=O) groups excluding carboxylic acids is 1. The fourth-order valence-electron chi connectivity index (χ4n) is 13.2. The predicted octanol–water partition coefficient (Wildman–Crippen LogP) is 3.74. The second-order valence-electron chi connectivity index (χ2n) is 19.5. The van der Waals surface area contributed by atoms with Crippen LogP contribution >= 0.6 is 0 Å². The number of esters is 1. The minimum Gasteiger partial charge on any atom is -0.462 e. The summed E-state index contributed by atoms with van der Waals surface area (Å²) < 4.78 is 243. The standard InChI is InChI=1S/C41H50F15N9O2/c1-2-67-41(66)8-3-5-9(6-4-8)57-32-18-15(23(47)30(54)31(32)55)36-59-33-10-7-11(42)19(43)20(44)12(10)34(58-33)63-39-16-17(25(49)29(53)28(52)24(16)48)40(65(39)56)64-37-14-13(35(60-37)61-38(18)62-36)21(45)26(50)27(51)22(14)46/h3-6,10-40,57-64H,2,7H2,1H3. The van der Waals surface area contributed by atoms with Crippen molar-refractivity contribution in [3.63, 3.8) is 0 Å². The summed E-state index contributed by atoms with van der Waals surface area (Å²) >= 11 is 0. The number of alkyl halides is 14. The maximum absolute atomic E-state index is 17.0. The van der Waals surface area contributed by atoms with Crippen LogP contribution in [0.2, 0.25) is 0 Å². The second-order valence-corrected chi connectivity index (χ2v) is 19.5. The van der Waals surface area contributed by atoms with Gasteiger partial charge in [0, 0.05) is 47.1 Å². The third-order valence-electron chi connectivity index (χ3n) is 16.2. The van der Waals surface area contributed by atoms with Gasteiger partial charge in [-0.3, -0.25) is 37.2 Å². The molecule has 8 N–H and O–H groups in total. The summed E-state index contributed by atoms with van der Waals surface area (Å²) in [7, 11) is 0. The first-order valence-corrected chi connectivity index (χ1v) is 22.6. The number of nitrogens with zero attached hydrogens (tertiary/aromatic N) is 1. The van der Waals surface area contributed by atoms with Crippen molar-refractivity contribution in [2.24, 2.45) is 47.3 Å². The Bertz CT molecular complexity index is 1970. The molecular weight excluding hydrogens is 935 g/mol. The van der Waals surface area contributed by atoms with Crippen molar-refractivity contribution >= 4 is 11.7 Å². The van der Waals surface area contributed by atoms with Gasteiger partial charge in [-0.25, -0.2) is 66.3 Å². The molecule has 1 aromatic carbocycles. The molecule has 11 nitrogen and oxygen atoms in total. The minimum atomic E-state index is -3.18. The lowest BCUT2D eigenvalue weighted by Crippen LogP contribution is -2.63. The summed E-state index contributed by atoms with van der Waals surface area (Å²) in [6.45, 7) is 1.61. The molecule has 4 saturated carbocycles. The van der Waals surface area contributed by atoms with E-state index in [1.54, 1.807) is 6.92 Å². The zero-order chi connectivity index (χ0) is 47.8. The smallest absolute Gasteiger partial charge is 0.338 e. The van der Waals surface area contributed by atoms with Crippen molar-refractivity contribution in [3.8, 4) is 0 Å². The van der Waals surface area contributed by atoms with E-state index in [1.165, 1.54) is 24.3 Å². The molecule has 5 heterocycles. The molecular formula is C41H50F15N9O2. The van der Waals surface area contributed by atoms with Crippen LogP contribution in [0.15, 0.2) is 24.3 Å². The number of rotatable bonds is 4. The lowest BCUT2D eigenvalue weighted by Gasteiger charge is -2.45. The molecule has 9 aliphatic rings. The monoisotopic (exact) mass is 985 g/mol. The van der Waals surface area contributed by atoms with Gasteiger partial charge in [0.2, 0.25) is 0 Å². The van der Waals surface area contributed by atoms with Crippen LogP contribution < -0.4 is 42.5 Å². The number of ether oxygens (including phenoxy) is 1. The number of benzene rings is 1. The van der Waals surface area contributed by atoms with Crippen LogP contribution in [0.1, 0.15) is 23.7 Å². The number of hydrogen-bond acceptors (Lipinski definition) is 11. The summed E-state index contributed by atoms with van der Waals surface area (Å²) in [5.74, 6) is -15.3. The molecule has 0 aromatic heterocycles.